The number of aromatic nitrogens is 1. The molecule has 2 heterocycles. The molecule has 0 aromatic carbocycles. The van der Waals surface area contributed by atoms with Crippen molar-refractivity contribution >= 4 is 23.2 Å². The summed E-state index contributed by atoms with van der Waals surface area (Å²) in [5.41, 5.74) is 2.34. The van der Waals surface area contributed by atoms with Crippen LogP contribution in [0, 0.1) is 11.3 Å². The standard InChI is InChI=1S/C24H31N3O2/c1-7-20(27-14-11-18(15-27)23(29)26-12-8-13-26)25-21-17(3)16(2)9-10-19(21)22(28)24(4,5)6/h7,10-11,14-16H,3,8-9,12-13H2,1-2,4-6H3/b20-7+,25-21+. The zero-order valence-corrected chi connectivity index (χ0v) is 18.2. The van der Waals surface area contributed by atoms with Crippen LogP contribution in [-0.4, -0.2) is 40.0 Å². The smallest absolute Gasteiger partial charge is 0.255 e. The molecule has 1 amide bonds. The summed E-state index contributed by atoms with van der Waals surface area (Å²) < 4.78 is 1.84. The summed E-state index contributed by atoms with van der Waals surface area (Å²) in [5, 5.41) is 0. The van der Waals surface area contributed by atoms with Crippen LogP contribution in [0.4, 0.5) is 0 Å². The SMILES string of the molecule is C=C1/C(=N\C(=C/C)n2ccc(C(=O)N3CCC3)c2)C(C(=O)C(C)(C)C)=CCC1C. The summed E-state index contributed by atoms with van der Waals surface area (Å²) in [6, 6.07) is 1.82. The number of rotatable bonds is 4. The molecule has 0 bridgehead atoms. The Morgan fingerprint density at radius 1 is 1.28 bits per heavy atom. The van der Waals surface area contributed by atoms with Crippen LogP contribution in [0.1, 0.15) is 57.8 Å². The number of aliphatic imine (C=N–C) groups is 1. The number of carbonyl (C=O) groups excluding carboxylic acids is 2. The maximum Gasteiger partial charge on any atom is 0.255 e. The van der Waals surface area contributed by atoms with Crippen LogP contribution in [0.15, 0.2) is 53.3 Å². The number of likely N-dealkylation sites (tertiary alicyclic amines) is 1. The van der Waals surface area contributed by atoms with E-state index in [9.17, 15) is 9.59 Å². The van der Waals surface area contributed by atoms with Gasteiger partial charge >= 0.3 is 0 Å². The van der Waals surface area contributed by atoms with Gasteiger partial charge in [-0.2, -0.15) is 0 Å². The molecule has 1 aliphatic heterocycles. The summed E-state index contributed by atoms with van der Waals surface area (Å²) in [6.07, 6.45) is 9.39. The van der Waals surface area contributed by atoms with Crippen LogP contribution in [0.5, 0.6) is 0 Å². The summed E-state index contributed by atoms with van der Waals surface area (Å²) in [7, 11) is 0. The Balaban J connectivity index is 1.96. The van der Waals surface area contributed by atoms with Crippen molar-refractivity contribution in [3.63, 3.8) is 0 Å². The number of allylic oxidation sites excluding steroid dienone is 4. The van der Waals surface area contributed by atoms with E-state index in [0.717, 1.165) is 31.5 Å². The average molecular weight is 394 g/mol. The number of hydrogen-bond acceptors (Lipinski definition) is 3. The van der Waals surface area contributed by atoms with Gasteiger partial charge in [-0.3, -0.25) is 9.59 Å². The molecule has 0 radical (unpaired) electrons. The third-order valence-electron chi connectivity index (χ3n) is 5.59. The highest BCUT2D eigenvalue weighted by Gasteiger charge is 2.32. The first-order chi connectivity index (χ1) is 13.6. The second-order valence-electron chi connectivity index (χ2n) is 8.92. The van der Waals surface area contributed by atoms with Crippen LogP contribution >= 0.6 is 0 Å². The first-order valence-electron chi connectivity index (χ1n) is 10.3. The van der Waals surface area contributed by atoms with Crippen molar-refractivity contribution in [1.29, 1.82) is 0 Å². The Morgan fingerprint density at radius 3 is 2.52 bits per heavy atom. The van der Waals surface area contributed by atoms with Gasteiger partial charge in [-0.1, -0.05) is 40.3 Å². The van der Waals surface area contributed by atoms with Gasteiger partial charge in [-0.05, 0) is 43.4 Å². The largest absolute Gasteiger partial charge is 0.338 e. The van der Waals surface area contributed by atoms with Crippen LogP contribution in [0.2, 0.25) is 0 Å². The molecule has 1 aromatic rings. The molecule has 1 fully saturated rings. The fourth-order valence-corrected chi connectivity index (χ4v) is 3.43. The normalized spacial score (nSPS) is 21.8. The Hall–Kier alpha value is -2.69. The molecule has 0 N–H and O–H groups in total. The van der Waals surface area contributed by atoms with Gasteiger partial charge in [0.05, 0.1) is 11.3 Å². The maximum absolute atomic E-state index is 13.0. The van der Waals surface area contributed by atoms with Crippen LogP contribution in [0.25, 0.3) is 5.82 Å². The topological polar surface area (TPSA) is 54.7 Å². The molecule has 1 saturated heterocycles. The minimum absolute atomic E-state index is 0.0531. The van der Waals surface area contributed by atoms with E-state index in [1.165, 1.54) is 0 Å². The third kappa shape index (κ3) is 4.19. The fraction of sp³-hybridized carbons (Fsp3) is 0.458. The summed E-state index contributed by atoms with van der Waals surface area (Å²) in [5.74, 6) is 1.03. The van der Waals surface area contributed by atoms with E-state index in [1.807, 2.05) is 67.8 Å². The molecule has 154 valence electrons. The maximum atomic E-state index is 13.0. The van der Waals surface area contributed by atoms with E-state index < -0.39 is 5.41 Å². The zero-order chi connectivity index (χ0) is 21.3. The lowest BCUT2D eigenvalue weighted by Gasteiger charge is -2.30. The van der Waals surface area contributed by atoms with Gasteiger partial charge in [0.15, 0.2) is 5.78 Å². The second-order valence-corrected chi connectivity index (χ2v) is 8.92. The molecule has 3 rings (SSSR count). The van der Waals surface area contributed by atoms with Crippen molar-refractivity contribution in [2.24, 2.45) is 16.3 Å². The van der Waals surface area contributed by atoms with Gasteiger partial charge in [-0.15, -0.1) is 0 Å². The van der Waals surface area contributed by atoms with Crippen molar-refractivity contribution in [2.75, 3.05) is 13.1 Å². The Bertz CT molecular complexity index is 934. The number of ketones is 1. The zero-order valence-electron chi connectivity index (χ0n) is 18.2. The molecule has 0 saturated carbocycles. The molecule has 5 heteroatoms. The van der Waals surface area contributed by atoms with Crippen molar-refractivity contribution in [3.05, 3.63) is 53.9 Å². The number of amides is 1. The Labute approximate surface area is 173 Å². The highest BCUT2D eigenvalue weighted by Crippen LogP contribution is 2.32. The predicted molar refractivity (Wildman–Crippen MR) is 118 cm³/mol. The molecule has 1 atom stereocenters. The molecule has 1 unspecified atom stereocenters. The number of Topliss-reactive ketones (excluding diaryl/α,β-unsaturated/α-hetero) is 1. The Kier molecular flexibility index (Phi) is 5.78. The molecule has 29 heavy (non-hydrogen) atoms. The van der Waals surface area contributed by atoms with Gasteiger partial charge in [0.2, 0.25) is 0 Å². The van der Waals surface area contributed by atoms with Gasteiger partial charge in [0.1, 0.15) is 5.82 Å². The highest BCUT2D eigenvalue weighted by atomic mass is 16.2. The first-order valence-corrected chi connectivity index (χ1v) is 10.3. The van der Waals surface area contributed by atoms with E-state index in [-0.39, 0.29) is 17.6 Å². The predicted octanol–water partition coefficient (Wildman–Crippen LogP) is 4.73. The van der Waals surface area contributed by atoms with Crippen LogP contribution < -0.4 is 0 Å². The molecule has 1 aliphatic carbocycles. The summed E-state index contributed by atoms with van der Waals surface area (Å²) >= 11 is 0. The summed E-state index contributed by atoms with van der Waals surface area (Å²) in [6.45, 7) is 15.6. The third-order valence-corrected chi connectivity index (χ3v) is 5.59. The van der Waals surface area contributed by atoms with Crippen molar-refractivity contribution in [2.45, 2.75) is 47.5 Å². The van der Waals surface area contributed by atoms with Gasteiger partial charge < -0.3 is 9.47 Å². The van der Waals surface area contributed by atoms with E-state index in [0.29, 0.717) is 22.7 Å². The number of carbonyl (C=O) groups is 2. The molecule has 0 spiro atoms. The molecule has 1 aromatic heterocycles. The Morgan fingerprint density at radius 2 is 1.97 bits per heavy atom. The second kappa shape index (κ2) is 7.97. The van der Waals surface area contributed by atoms with Crippen LogP contribution in [-0.2, 0) is 4.79 Å². The van der Waals surface area contributed by atoms with E-state index in [2.05, 4.69) is 13.5 Å². The van der Waals surface area contributed by atoms with Crippen LogP contribution in [0.3, 0.4) is 0 Å². The summed E-state index contributed by atoms with van der Waals surface area (Å²) in [4.78, 5) is 32.2. The van der Waals surface area contributed by atoms with E-state index in [1.54, 1.807) is 0 Å². The van der Waals surface area contributed by atoms with Gasteiger partial charge in [0.25, 0.3) is 5.91 Å². The first kappa shape index (κ1) is 21.0. The van der Waals surface area contributed by atoms with E-state index in [4.69, 9.17) is 4.99 Å². The molecule has 5 nitrogen and oxygen atoms in total. The lowest BCUT2D eigenvalue weighted by molar-refractivity contribution is -0.121. The molecular formula is C24H31N3O2. The molecule has 2 aliphatic rings. The fourth-order valence-electron chi connectivity index (χ4n) is 3.43. The highest BCUT2D eigenvalue weighted by molar-refractivity contribution is 6.30. The average Bonchev–Trinajstić information content (AvgIpc) is 3.10. The molecular weight excluding hydrogens is 362 g/mol. The minimum Gasteiger partial charge on any atom is -0.338 e. The monoisotopic (exact) mass is 393 g/mol. The lowest BCUT2D eigenvalue weighted by Crippen LogP contribution is -2.41. The lowest BCUT2D eigenvalue weighted by atomic mass is 9.77. The van der Waals surface area contributed by atoms with Gasteiger partial charge in [-0.25, -0.2) is 4.99 Å². The van der Waals surface area contributed by atoms with Gasteiger partial charge in [0, 0.05) is 36.5 Å². The minimum atomic E-state index is -0.492. The van der Waals surface area contributed by atoms with Crippen molar-refractivity contribution < 1.29 is 9.59 Å². The van der Waals surface area contributed by atoms with E-state index >= 15 is 0 Å². The number of nitrogens with zero attached hydrogens (tertiary/aromatic N) is 3. The van der Waals surface area contributed by atoms with Crippen molar-refractivity contribution in [1.82, 2.24) is 9.47 Å². The quantitative estimate of drug-likeness (QED) is 0.742. The van der Waals surface area contributed by atoms with Crippen molar-refractivity contribution in [3.8, 4) is 0 Å². The number of hydrogen-bond donors (Lipinski definition) is 0.